The lowest BCUT2D eigenvalue weighted by Gasteiger charge is -2.38. The molecule has 0 heterocycles. The second-order valence-corrected chi connectivity index (χ2v) is 6.14. The lowest BCUT2D eigenvalue weighted by molar-refractivity contribution is -0.0201. The van der Waals surface area contributed by atoms with E-state index in [4.69, 9.17) is 11.6 Å². The maximum atomic E-state index is 13.3. The lowest BCUT2D eigenvalue weighted by atomic mass is 9.72. The summed E-state index contributed by atoms with van der Waals surface area (Å²) in [6, 6.07) is 4.23. The molecule has 0 saturated heterocycles. The molecule has 0 spiro atoms. The molecule has 3 heteroatoms. The average Bonchev–Trinajstić information content (AvgIpc) is 2.32. The Morgan fingerprint density at radius 2 is 1.94 bits per heavy atom. The highest BCUT2D eigenvalue weighted by Gasteiger charge is 2.37. The minimum atomic E-state index is -0.954. The van der Waals surface area contributed by atoms with Gasteiger partial charge in [-0.1, -0.05) is 25.4 Å². The fraction of sp³-hybridized carbons (Fsp3) is 0.600. The van der Waals surface area contributed by atoms with Gasteiger partial charge in [0.15, 0.2) is 0 Å². The van der Waals surface area contributed by atoms with Gasteiger partial charge in [-0.05, 0) is 55.7 Å². The third kappa shape index (κ3) is 2.70. The molecule has 1 saturated carbocycles. The Hall–Kier alpha value is -0.600. The minimum absolute atomic E-state index is 0.339. The summed E-state index contributed by atoms with van der Waals surface area (Å²) in [4.78, 5) is 0. The van der Waals surface area contributed by atoms with Crippen LogP contribution in [0.1, 0.15) is 45.1 Å². The largest absolute Gasteiger partial charge is 0.385 e. The molecule has 1 aromatic carbocycles. The highest BCUT2D eigenvalue weighted by Crippen LogP contribution is 2.43. The minimum Gasteiger partial charge on any atom is -0.385 e. The molecular weight excluding hydrogens is 251 g/mol. The van der Waals surface area contributed by atoms with Crippen LogP contribution in [0.3, 0.4) is 0 Å². The van der Waals surface area contributed by atoms with Gasteiger partial charge in [-0.2, -0.15) is 0 Å². The van der Waals surface area contributed by atoms with E-state index in [0.29, 0.717) is 35.3 Å². The van der Waals surface area contributed by atoms with E-state index in [0.717, 1.165) is 12.8 Å². The number of benzene rings is 1. The molecule has 1 N–H and O–H groups in total. The van der Waals surface area contributed by atoms with Crippen molar-refractivity contribution in [3.8, 4) is 0 Å². The van der Waals surface area contributed by atoms with E-state index < -0.39 is 5.60 Å². The first-order chi connectivity index (χ1) is 8.42. The summed E-state index contributed by atoms with van der Waals surface area (Å²) in [5, 5.41) is 11.2. The van der Waals surface area contributed by atoms with Gasteiger partial charge in [0.05, 0.1) is 5.60 Å². The highest BCUT2D eigenvalue weighted by atomic mass is 35.5. The number of halogens is 2. The normalized spacial score (nSPS) is 28.7. The topological polar surface area (TPSA) is 20.2 Å². The van der Waals surface area contributed by atoms with Crippen molar-refractivity contribution < 1.29 is 9.50 Å². The van der Waals surface area contributed by atoms with Crippen LogP contribution in [0.25, 0.3) is 0 Å². The van der Waals surface area contributed by atoms with Gasteiger partial charge >= 0.3 is 0 Å². The molecule has 0 bridgehead atoms. The van der Waals surface area contributed by atoms with Crippen molar-refractivity contribution in [2.24, 2.45) is 11.8 Å². The predicted octanol–water partition coefficient (Wildman–Crippen LogP) is 4.51. The monoisotopic (exact) mass is 270 g/mol. The van der Waals surface area contributed by atoms with Crippen LogP contribution in [0.4, 0.5) is 4.39 Å². The van der Waals surface area contributed by atoms with Gasteiger partial charge in [0, 0.05) is 10.6 Å². The smallest absolute Gasteiger partial charge is 0.123 e. The number of rotatable bonds is 2. The van der Waals surface area contributed by atoms with Gasteiger partial charge in [-0.25, -0.2) is 4.39 Å². The molecule has 0 radical (unpaired) electrons. The SMILES string of the molecule is CC(C)C1CCC(O)(c2cc(F)ccc2Cl)CC1. The summed E-state index contributed by atoms with van der Waals surface area (Å²) in [6.07, 6.45) is 3.28. The summed E-state index contributed by atoms with van der Waals surface area (Å²) in [5.74, 6) is 0.948. The molecule has 2 rings (SSSR count). The van der Waals surface area contributed by atoms with Crippen LogP contribution < -0.4 is 0 Å². The van der Waals surface area contributed by atoms with Crippen molar-refractivity contribution >= 4 is 11.6 Å². The Balaban J connectivity index is 2.20. The molecule has 1 fully saturated rings. The summed E-state index contributed by atoms with van der Waals surface area (Å²) in [6.45, 7) is 4.43. The van der Waals surface area contributed by atoms with E-state index in [9.17, 15) is 9.50 Å². The lowest BCUT2D eigenvalue weighted by Crippen LogP contribution is -2.33. The number of hydrogen-bond donors (Lipinski definition) is 1. The Bertz CT molecular complexity index is 423. The molecule has 0 aliphatic heterocycles. The van der Waals surface area contributed by atoms with Gasteiger partial charge in [-0.15, -0.1) is 0 Å². The van der Waals surface area contributed by atoms with Gasteiger partial charge in [0.2, 0.25) is 0 Å². The molecule has 0 amide bonds. The summed E-state index contributed by atoms with van der Waals surface area (Å²) in [5.41, 5.74) is -0.406. The van der Waals surface area contributed by atoms with Crippen molar-refractivity contribution in [2.45, 2.75) is 45.1 Å². The maximum absolute atomic E-state index is 13.3. The Labute approximate surface area is 113 Å². The van der Waals surface area contributed by atoms with E-state index >= 15 is 0 Å². The molecule has 1 aromatic rings. The molecule has 0 unspecified atom stereocenters. The van der Waals surface area contributed by atoms with Crippen molar-refractivity contribution in [2.75, 3.05) is 0 Å². The van der Waals surface area contributed by atoms with E-state index in [1.54, 1.807) is 0 Å². The Kier molecular flexibility index (Phi) is 3.98. The third-order valence-electron chi connectivity index (χ3n) is 4.23. The molecule has 1 nitrogen and oxygen atoms in total. The van der Waals surface area contributed by atoms with E-state index in [1.165, 1.54) is 18.2 Å². The summed E-state index contributed by atoms with van der Waals surface area (Å²) < 4.78 is 13.3. The molecule has 18 heavy (non-hydrogen) atoms. The standard InChI is InChI=1S/C15H20ClFO/c1-10(2)11-5-7-15(18,8-6-11)13-9-12(17)3-4-14(13)16/h3-4,9-11,18H,5-8H2,1-2H3. The van der Waals surface area contributed by atoms with Crippen LogP contribution in [-0.4, -0.2) is 5.11 Å². The zero-order valence-corrected chi connectivity index (χ0v) is 11.7. The number of hydrogen-bond acceptors (Lipinski definition) is 1. The van der Waals surface area contributed by atoms with Gasteiger partial charge in [0.25, 0.3) is 0 Å². The third-order valence-corrected chi connectivity index (χ3v) is 4.56. The van der Waals surface area contributed by atoms with Crippen LogP contribution in [0, 0.1) is 17.7 Å². The van der Waals surface area contributed by atoms with E-state index in [1.807, 2.05) is 0 Å². The van der Waals surface area contributed by atoms with Gasteiger partial charge in [0.1, 0.15) is 5.82 Å². The van der Waals surface area contributed by atoms with Crippen LogP contribution in [0.2, 0.25) is 5.02 Å². The van der Waals surface area contributed by atoms with Crippen molar-refractivity contribution in [3.05, 3.63) is 34.6 Å². The van der Waals surface area contributed by atoms with Crippen molar-refractivity contribution in [1.29, 1.82) is 0 Å². The second kappa shape index (κ2) is 5.18. The highest BCUT2D eigenvalue weighted by molar-refractivity contribution is 6.31. The summed E-state index contributed by atoms with van der Waals surface area (Å²) in [7, 11) is 0. The van der Waals surface area contributed by atoms with Crippen LogP contribution in [-0.2, 0) is 5.60 Å². The van der Waals surface area contributed by atoms with Crippen LogP contribution >= 0.6 is 11.6 Å². The fourth-order valence-electron chi connectivity index (χ4n) is 2.91. The van der Waals surface area contributed by atoms with Crippen LogP contribution in [0.5, 0.6) is 0 Å². The first-order valence-corrected chi connectivity index (χ1v) is 6.98. The molecule has 0 atom stereocenters. The molecule has 1 aliphatic carbocycles. The van der Waals surface area contributed by atoms with Gasteiger partial charge < -0.3 is 5.11 Å². The Morgan fingerprint density at radius 3 is 2.50 bits per heavy atom. The Morgan fingerprint density at radius 1 is 1.33 bits per heavy atom. The van der Waals surface area contributed by atoms with Gasteiger partial charge in [-0.3, -0.25) is 0 Å². The van der Waals surface area contributed by atoms with Crippen molar-refractivity contribution in [3.63, 3.8) is 0 Å². The first-order valence-electron chi connectivity index (χ1n) is 6.60. The average molecular weight is 271 g/mol. The van der Waals surface area contributed by atoms with E-state index in [2.05, 4.69) is 13.8 Å². The molecule has 1 aliphatic rings. The predicted molar refractivity (Wildman–Crippen MR) is 72.1 cm³/mol. The summed E-state index contributed by atoms with van der Waals surface area (Å²) >= 11 is 6.09. The van der Waals surface area contributed by atoms with Crippen LogP contribution in [0.15, 0.2) is 18.2 Å². The first kappa shape index (κ1) is 13.8. The van der Waals surface area contributed by atoms with E-state index in [-0.39, 0.29) is 5.82 Å². The number of aliphatic hydroxyl groups is 1. The molecule has 0 aromatic heterocycles. The van der Waals surface area contributed by atoms with Crippen molar-refractivity contribution in [1.82, 2.24) is 0 Å². The fourth-order valence-corrected chi connectivity index (χ4v) is 3.20. The maximum Gasteiger partial charge on any atom is 0.123 e. The second-order valence-electron chi connectivity index (χ2n) is 5.74. The molecule has 100 valence electrons. The zero-order chi connectivity index (χ0) is 13.3. The zero-order valence-electron chi connectivity index (χ0n) is 10.9. The quantitative estimate of drug-likeness (QED) is 0.838. The molecular formula is C15H20ClFO.